The molecule has 0 fully saturated rings. The average molecular weight is 557 g/mol. The van der Waals surface area contributed by atoms with Gasteiger partial charge in [0.25, 0.3) is 0 Å². The molecule has 1 atom stereocenters. The summed E-state index contributed by atoms with van der Waals surface area (Å²) in [5.41, 5.74) is 3.20. The Morgan fingerprint density at radius 3 is 2.11 bits per heavy atom. The van der Waals surface area contributed by atoms with E-state index in [9.17, 15) is 18.0 Å². The second-order valence-electron chi connectivity index (χ2n) is 9.39. The van der Waals surface area contributed by atoms with Crippen LogP contribution in [0.5, 0.6) is 0 Å². The lowest BCUT2D eigenvalue weighted by Gasteiger charge is -2.30. The van der Waals surface area contributed by atoms with Crippen LogP contribution in [-0.2, 0) is 26.2 Å². The molecule has 0 aliphatic carbocycles. The fourth-order valence-corrected chi connectivity index (χ4v) is 5.19. The molecule has 0 saturated heterocycles. The Kier molecular flexibility index (Phi) is 10.6. The van der Waals surface area contributed by atoms with Gasteiger partial charge in [0, 0.05) is 25.6 Å². The van der Waals surface area contributed by atoms with Crippen molar-refractivity contribution in [1.82, 2.24) is 10.2 Å². The molecule has 36 heavy (non-hydrogen) atoms. The molecular weight excluding hydrogens is 521 g/mol. The molecule has 0 aromatic heterocycles. The monoisotopic (exact) mass is 555 g/mol. The van der Waals surface area contributed by atoms with E-state index in [2.05, 4.69) is 5.32 Å². The second-order valence-corrected chi connectivity index (χ2v) is 12.1. The summed E-state index contributed by atoms with van der Waals surface area (Å²) < 4.78 is 26.4. The quantitative estimate of drug-likeness (QED) is 0.418. The van der Waals surface area contributed by atoms with Gasteiger partial charge < -0.3 is 10.2 Å². The topological polar surface area (TPSA) is 86.8 Å². The van der Waals surface area contributed by atoms with Gasteiger partial charge in [-0.25, -0.2) is 8.42 Å². The van der Waals surface area contributed by atoms with Crippen molar-refractivity contribution in [3.63, 3.8) is 0 Å². The van der Waals surface area contributed by atoms with E-state index in [1.165, 1.54) is 9.21 Å². The summed E-state index contributed by atoms with van der Waals surface area (Å²) in [4.78, 5) is 27.5. The molecular formula is C26H35Cl2N3O4S. The molecule has 1 unspecified atom stereocenters. The molecule has 0 spiro atoms. The van der Waals surface area contributed by atoms with Crippen molar-refractivity contribution < 1.29 is 18.0 Å². The maximum absolute atomic E-state index is 13.3. The van der Waals surface area contributed by atoms with E-state index in [-0.39, 0.29) is 43.8 Å². The van der Waals surface area contributed by atoms with Crippen molar-refractivity contribution in [3.8, 4) is 0 Å². The van der Waals surface area contributed by atoms with Crippen LogP contribution in [0.4, 0.5) is 5.69 Å². The predicted octanol–water partition coefficient (Wildman–Crippen LogP) is 5.10. The molecule has 0 aliphatic rings. The van der Waals surface area contributed by atoms with Crippen LogP contribution in [-0.4, -0.2) is 50.0 Å². The van der Waals surface area contributed by atoms with Crippen LogP contribution in [0, 0.1) is 13.8 Å². The van der Waals surface area contributed by atoms with Crippen molar-refractivity contribution in [2.75, 3.05) is 17.1 Å². The Labute approximate surface area is 224 Å². The van der Waals surface area contributed by atoms with E-state index in [4.69, 9.17) is 23.2 Å². The number of halogens is 2. The smallest absolute Gasteiger partial charge is 0.242 e. The molecule has 0 bridgehead atoms. The third-order valence-electron chi connectivity index (χ3n) is 5.58. The zero-order valence-electron chi connectivity index (χ0n) is 21.6. The Morgan fingerprint density at radius 2 is 1.58 bits per heavy atom. The van der Waals surface area contributed by atoms with Crippen LogP contribution in [0.15, 0.2) is 36.4 Å². The summed E-state index contributed by atoms with van der Waals surface area (Å²) in [7, 11) is -3.55. The average Bonchev–Trinajstić information content (AvgIpc) is 2.74. The van der Waals surface area contributed by atoms with Gasteiger partial charge in [0.1, 0.15) is 6.04 Å². The number of anilines is 1. The van der Waals surface area contributed by atoms with Gasteiger partial charge in [-0.1, -0.05) is 35.3 Å². The lowest BCUT2D eigenvalue weighted by Crippen LogP contribution is -2.49. The number of hydrogen-bond acceptors (Lipinski definition) is 4. The summed E-state index contributed by atoms with van der Waals surface area (Å²) in [6.45, 7) is 9.49. The van der Waals surface area contributed by atoms with Crippen molar-refractivity contribution in [2.45, 2.75) is 66.1 Å². The Hall–Kier alpha value is -2.29. The van der Waals surface area contributed by atoms with Crippen LogP contribution < -0.4 is 9.62 Å². The highest BCUT2D eigenvalue weighted by atomic mass is 35.5. The SMILES string of the molecule is Cc1cc(C)cc(N(CCCC(=O)N(Cc2ccc(Cl)c(Cl)c2)C(C)C(=O)NC(C)C)S(C)(=O)=O)c1. The van der Waals surface area contributed by atoms with Gasteiger partial charge in [-0.2, -0.15) is 0 Å². The van der Waals surface area contributed by atoms with Crippen LogP contribution in [0.1, 0.15) is 50.3 Å². The van der Waals surface area contributed by atoms with Crippen LogP contribution >= 0.6 is 23.2 Å². The van der Waals surface area contributed by atoms with E-state index in [1.807, 2.05) is 45.9 Å². The standard InChI is InChI=1S/C26H35Cl2N3O4S/c1-17(2)29-26(33)20(5)30(16-21-9-10-23(27)24(28)15-21)25(32)8-7-11-31(36(6,34)35)22-13-18(3)12-19(4)14-22/h9-10,12-15,17,20H,7-8,11,16H2,1-6H3,(H,29,33). The fraction of sp³-hybridized carbons (Fsp3) is 0.462. The van der Waals surface area contributed by atoms with E-state index in [1.54, 1.807) is 25.1 Å². The number of carbonyl (C=O) groups is 2. The molecule has 0 radical (unpaired) electrons. The highest BCUT2D eigenvalue weighted by Gasteiger charge is 2.27. The minimum atomic E-state index is -3.55. The first-order valence-electron chi connectivity index (χ1n) is 11.8. The first-order valence-corrected chi connectivity index (χ1v) is 14.4. The second kappa shape index (κ2) is 12.8. The van der Waals surface area contributed by atoms with Crippen LogP contribution in [0.3, 0.4) is 0 Å². The molecule has 0 heterocycles. The van der Waals surface area contributed by atoms with E-state index in [0.717, 1.165) is 22.9 Å². The molecule has 2 aromatic rings. The van der Waals surface area contributed by atoms with Gasteiger partial charge in [0.05, 0.1) is 22.0 Å². The van der Waals surface area contributed by atoms with E-state index in [0.29, 0.717) is 15.7 Å². The number of carbonyl (C=O) groups excluding carboxylic acids is 2. The maximum atomic E-state index is 13.3. The summed E-state index contributed by atoms with van der Waals surface area (Å²) >= 11 is 12.2. The molecule has 7 nitrogen and oxygen atoms in total. The van der Waals surface area contributed by atoms with E-state index >= 15 is 0 Å². The van der Waals surface area contributed by atoms with Gasteiger partial charge >= 0.3 is 0 Å². The first kappa shape index (κ1) is 29.9. The minimum Gasteiger partial charge on any atom is -0.352 e. The fourth-order valence-electron chi connectivity index (χ4n) is 3.92. The zero-order chi connectivity index (χ0) is 27.2. The lowest BCUT2D eigenvalue weighted by atomic mass is 10.1. The number of amides is 2. The van der Waals surface area contributed by atoms with Crippen LogP contribution in [0.2, 0.25) is 10.0 Å². The molecule has 10 heteroatoms. The third kappa shape index (κ3) is 8.68. The van der Waals surface area contributed by atoms with Gasteiger partial charge in [-0.3, -0.25) is 13.9 Å². The molecule has 198 valence electrons. The molecule has 2 aromatic carbocycles. The van der Waals surface area contributed by atoms with Gasteiger partial charge in [0.2, 0.25) is 21.8 Å². The normalized spacial score (nSPS) is 12.4. The number of aryl methyl sites for hydroxylation is 2. The molecule has 2 amide bonds. The molecule has 1 N–H and O–H groups in total. The predicted molar refractivity (Wildman–Crippen MR) is 147 cm³/mol. The zero-order valence-corrected chi connectivity index (χ0v) is 24.0. The summed E-state index contributed by atoms with van der Waals surface area (Å²) in [6, 6.07) is 9.85. The van der Waals surface area contributed by atoms with Crippen LogP contribution in [0.25, 0.3) is 0 Å². The minimum absolute atomic E-state index is 0.0669. The number of rotatable bonds is 11. The highest BCUT2D eigenvalue weighted by molar-refractivity contribution is 7.92. The van der Waals surface area contributed by atoms with Gasteiger partial charge in [0.15, 0.2) is 0 Å². The van der Waals surface area contributed by atoms with Gasteiger partial charge in [-0.15, -0.1) is 0 Å². The molecule has 0 saturated carbocycles. The van der Waals surface area contributed by atoms with Crippen molar-refractivity contribution in [2.24, 2.45) is 0 Å². The summed E-state index contributed by atoms with van der Waals surface area (Å²) in [6.07, 6.45) is 1.51. The van der Waals surface area contributed by atoms with Crippen molar-refractivity contribution in [3.05, 3.63) is 63.1 Å². The Balaban J connectivity index is 2.22. The first-order chi connectivity index (χ1) is 16.7. The number of hydrogen-bond donors (Lipinski definition) is 1. The number of nitrogens with zero attached hydrogens (tertiary/aromatic N) is 2. The van der Waals surface area contributed by atoms with Crippen molar-refractivity contribution in [1.29, 1.82) is 0 Å². The Morgan fingerprint density at radius 1 is 0.972 bits per heavy atom. The number of sulfonamides is 1. The highest BCUT2D eigenvalue weighted by Crippen LogP contribution is 2.25. The summed E-state index contributed by atoms with van der Waals surface area (Å²) in [5, 5.41) is 3.60. The Bertz CT molecular complexity index is 1180. The van der Waals surface area contributed by atoms with Crippen molar-refractivity contribution >= 4 is 50.7 Å². The maximum Gasteiger partial charge on any atom is 0.242 e. The largest absolute Gasteiger partial charge is 0.352 e. The molecule has 2 rings (SSSR count). The number of benzene rings is 2. The van der Waals surface area contributed by atoms with Gasteiger partial charge in [-0.05, 0) is 82.0 Å². The summed E-state index contributed by atoms with van der Waals surface area (Å²) in [5.74, 6) is -0.534. The van der Waals surface area contributed by atoms with E-state index < -0.39 is 16.1 Å². The number of nitrogens with one attached hydrogen (secondary N) is 1. The molecule has 0 aliphatic heterocycles. The lowest BCUT2D eigenvalue weighted by molar-refractivity contribution is -0.140. The third-order valence-corrected chi connectivity index (χ3v) is 7.51.